The van der Waals surface area contributed by atoms with Gasteiger partial charge in [0.2, 0.25) is 5.91 Å². The quantitative estimate of drug-likeness (QED) is 0.785. The van der Waals surface area contributed by atoms with Gasteiger partial charge >= 0.3 is 0 Å². The minimum absolute atomic E-state index is 0.0828. The van der Waals surface area contributed by atoms with Crippen LogP contribution in [0.2, 0.25) is 0 Å². The van der Waals surface area contributed by atoms with Crippen molar-refractivity contribution in [1.29, 1.82) is 0 Å². The number of hydrogen-bond acceptors (Lipinski definition) is 3. The van der Waals surface area contributed by atoms with Crippen LogP contribution in [0.5, 0.6) is 0 Å². The van der Waals surface area contributed by atoms with Crippen molar-refractivity contribution in [1.82, 2.24) is 0 Å². The average Bonchev–Trinajstić information content (AvgIpc) is 2.78. The number of anilines is 1. The minimum Gasteiger partial charge on any atom is -0.273 e. The summed E-state index contributed by atoms with van der Waals surface area (Å²) in [4.78, 5) is 14.3. The summed E-state index contributed by atoms with van der Waals surface area (Å²) in [5.74, 6) is 0.0828. The molecule has 4 heteroatoms. The van der Waals surface area contributed by atoms with Gasteiger partial charge in [0.05, 0.1) is 10.9 Å². The zero-order valence-electron chi connectivity index (χ0n) is 12.6. The van der Waals surface area contributed by atoms with Crippen LogP contribution in [0.4, 0.5) is 5.69 Å². The predicted octanol–water partition coefficient (Wildman–Crippen LogP) is 4.28. The molecule has 22 heavy (non-hydrogen) atoms. The van der Waals surface area contributed by atoms with Gasteiger partial charge < -0.3 is 0 Å². The SMILES string of the molecule is Cc1ccc(C[C@H]2SC(=S)N(c3ccccc3)C2=O)cc1C. The van der Waals surface area contributed by atoms with E-state index in [0.29, 0.717) is 10.7 Å². The lowest BCUT2D eigenvalue weighted by Crippen LogP contribution is -2.31. The molecule has 0 aliphatic carbocycles. The van der Waals surface area contributed by atoms with Crippen LogP contribution in [0.3, 0.4) is 0 Å². The van der Waals surface area contributed by atoms with Gasteiger partial charge in [-0.2, -0.15) is 0 Å². The average molecular weight is 327 g/mol. The zero-order chi connectivity index (χ0) is 15.7. The second kappa shape index (κ2) is 6.23. The lowest BCUT2D eigenvalue weighted by Gasteiger charge is -2.15. The second-order valence-electron chi connectivity index (χ2n) is 5.50. The van der Waals surface area contributed by atoms with Crippen LogP contribution in [-0.4, -0.2) is 15.5 Å². The molecule has 1 aliphatic heterocycles. The largest absolute Gasteiger partial charge is 0.273 e. The van der Waals surface area contributed by atoms with Gasteiger partial charge in [-0.3, -0.25) is 9.69 Å². The van der Waals surface area contributed by atoms with Gasteiger partial charge in [0.1, 0.15) is 4.32 Å². The van der Waals surface area contributed by atoms with Gasteiger partial charge in [0, 0.05) is 0 Å². The summed E-state index contributed by atoms with van der Waals surface area (Å²) >= 11 is 6.90. The number of nitrogens with zero attached hydrogens (tertiary/aromatic N) is 1. The lowest BCUT2D eigenvalue weighted by atomic mass is 10.0. The highest BCUT2D eigenvalue weighted by molar-refractivity contribution is 8.25. The highest BCUT2D eigenvalue weighted by Gasteiger charge is 2.37. The Morgan fingerprint density at radius 2 is 1.82 bits per heavy atom. The van der Waals surface area contributed by atoms with Crippen molar-refractivity contribution in [3.8, 4) is 0 Å². The summed E-state index contributed by atoms with van der Waals surface area (Å²) in [6, 6.07) is 16.0. The summed E-state index contributed by atoms with van der Waals surface area (Å²) in [5, 5.41) is -0.130. The van der Waals surface area contributed by atoms with Crippen molar-refractivity contribution < 1.29 is 4.79 Å². The number of benzene rings is 2. The number of thiocarbonyl (C=S) groups is 1. The Morgan fingerprint density at radius 3 is 2.50 bits per heavy atom. The van der Waals surface area contributed by atoms with Crippen molar-refractivity contribution in [2.24, 2.45) is 0 Å². The first-order valence-corrected chi connectivity index (χ1v) is 8.51. The molecule has 0 saturated carbocycles. The van der Waals surface area contributed by atoms with Crippen LogP contribution in [0.15, 0.2) is 48.5 Å². The molecular formula is C18H17NOS2. The molecule has 0 N–H and O–H groups in total. The van der Waals surface area contributed by atoms with Crippen LogP contribution >= 0.6 is 24.0 Å². The highest BCUT2D eigenvalue weighted by atomic mass is 32.2. The maximum absolute atomic E-state index is 12.7. The Labute approximate surface area is 140 Å². The van der Waals surface area contributed by atoms with E-state index in [9.17, 15) is 4.79 Å². The molecule has 0 aromatic heterocycles. The van der Waals surface area contributed by atoms with Gasteiger partial charge in [0.25, 0.3) is 0 Å². The second-order valence-corrected chi connectivity index (χ2v) is 7.34. The minimum atomic E-state index is -0.130. The standard InChI is InChI=1S/C18H17NOS2/c1-12-8-9-14(10-13(12)2)11-16-17(20)19(18(21)22-16)15-6-4-3-5-7-15/h3-10,16H,11H2,1-2H3/t16-/m1/s1. The Balaban J connectivity index is 1.80. The topological polar surface area (TPSA) is 20.3 Å². The van der Waals surface area contributed by atoms with E-state index in [-0.39, 0.29) is 11.2 Å². The molecule has 112 valence electrons. The number of carbonyl (C=O) groups is 1. The molecule has 1 aliphatic rings. The van der Waals surface area contributed by atoms with Gasteiger partial charge in [-0.05, 0) is 49.1 Å². The number of hydrogen-bond donors (Lipinski definition) is 0. The fraction of sp³-hybridized carbons (Fsp3) is 0.222. The molecule has 1 atom stereocenters. The first kappa shape index (κ1) is 15.3. The molecular weight excluding hydrogens is 310 g/mol. The zero-order valence-corrected chi connectivity index (χ0v) is 14.2. The Bertz CT molecular complexity index is 727. The van der Waals surface area contributed by atoms with Gasteiger partial charge in [-0.15, -0.1) is 0 Å². The maximum atomic E-state index is 12.7. The first-order valence-electron chi connectivity index (χ1n) is 7.22. The molecule has 1 amide bonds. The summed E-state index contributed by atoms with van der Waals surface area (Å²) in [5.41, 5.74) is 4.57. The summed E-state index contributed by atoms with van der Waals surface area (Å²) < 4.78 is 0.644. The van der Waals surface area contributed by atoms with Crippen LogP contribution < -0.4 is 4.90 Å². The molecule has 2 aromatic carbocycles. The number of amides is 1. The van der Waals surface area contributed by atoms with E-state index in [1.807, 2.05) is 30.3 Å². The van der Waals surface area contributed by atoms with Crippen LogP contribution in [0.25, 0.3) is 0 Å². The molecule has 2 aromatic rings. The summed E-state index contributed by atoms with van der Waals surface area (Å²) in [6.45, 7) is 4.20. The molecule has 1 heterocycles. The Hall–Kier alpha value is -1.65. The highest BCUT2D eigenvalue weighted by Crippen LogP contribution is 2.33. The van der Waals surface area contributed by atoms with Crippen molar-refractivity contribution in [2.75, 3.05) is 4.90 Å². The molecule has 0 radical (unpaired) electrons. The van der Waals surface area contributed by atoms with Crippen molar-refractivity contribution in [3.63, 3.8) is 0 Å². The Morgan fingerprint density at radius 1 is 1.09 bits per heavy atom. The number of aryl methyl sites for hydroxylation is 2. The summed E-state index contributed by atoms with van der Waals surface area (Å²) in [6.07, 6.45) is 0.716. The molecule has 0 spiro atoms. The fourth-order valence-electron chi connectivity index (χ4n) is 2.54. The van der Waals surface area contributed by atoms with E-state index in [0.717, 1.165) is 5.69 Å². The monoisotopic (exact) mass is 327 g/mol. The van der Waals surface area contributed by atoms with Gasteiger partial charge in [-0.1, -0.05) is 60.4 Å². The molecule has 0 bridgehead atoms. The third kappa shape index (κ3) is 2.94. The number of para-hydroxylation sites is 1. The Kier molecular flexibility index (Phi) is 4.32. The van der Waals surface area contributed by atoms with Crippen molar-refractivity contribution in [2.45, 2.75) is 25.5 Å². The van der Waals surface area contributed by atoms with Gasteiger partial charge in [-0.25, -0.2) is 0 Å². The van der Waals surface area contributed by atoms with Crippen molar-refractivity contribution >= 4 is 39.9 Å². The molecule has 3 rings (SSSR count). The molecule has 1 saturated heterocycles. The number of thioether (sulfide) groups is 1. The van der Waals surface area contributed by atoms with Crippen molar-refractivity contribution in [3.05, 3.63) is 65.2 Å². The predicted molar refractivity (Wildman–Crippen MR) is 97.5 cm³/mol. The van der Waals surface area contributed by atoms with E-state index in [1.165, 1.54) is 28.5 Å². The normalized spacial score (nSPS) is 18.1. The van der Waals surface area contributed by atoms with Gasteiger partial charge in [0.15, 0.2) is 0 Å². The number of rotatable bonds is 3. The molecule has 0 unspecified atom stereocenters. The van der Waals surface area contributed by atoms with Crippen LogP contribution in [-0.2, 0) is 11.2 Å². The maximum Gasteiger partial charge on any atom is 0.246 e. The lowest BCUT2D eigenvalue weighted by molar-refractivity contribution is -0.116. The summed E-state index contributed by atoms with van der Waals surface area (Å²) in [7, 11) is 0. The number of carbonyl (C=O) groups excluding carboxylic acids is 1. The van der Waals surface area contributed by atoms with E-state index in [1.54, 1.807) is 4.90 Å². The molecule has 1 fully saturated rings. The molecule has 2 nitrogen and oxygen atoms in total. The fourth-order valence-corrected chi connectivity index (χ4v) is 4.11. The smallest absolute Gasteiger partial charge is 0.246 e. The third-order valence-electron chi connectivity index (χ3n) is 3.93. The van der Waals surface area contributed by atoms with E-state index >= 15 is 0 Å². The van der Waals surface area contributed by atoms with E-state index in [2.05, 4.69) is 32.0 Å². The van der Waals surface area contributed by atoms with Crippen LogP contribution in [0.1, 0.15) is 16.7 Å². The first-order chi connectivity index (χ1) is 10.6. The third-order valence-corrected chi connectivity index (χ3v) is 5.44. The van der Waals surface area contributed by atoms with Crippen LogP contribution in [0, 0.1) is 13.8 Å². The van der Waals surface area contributed by atoms with E-state index in [4.69, 9.17) is 12.2 Å². The van der Waals surface area contributed by atoms with E-state index < -0.39 is 0 Å².